The number of hydrogen-bond acceptors (Lipinski definition) is 4. The number of hydrogen-bond donors (Lipinski definition) is 1. The monoisotopic (exact) mass is 208 g/mol. The maximum absolute atomic E-state index is 11.0. The van der Waals surface area contributed by atoms with Crippen molar-refractivity contribution >= 4 is 21.6 Å². The van der Waals surface area contributed by atoms with Crippen LogP contribution in [0, 0.1) is 5.92 Å². The molecule has 0 fully saturated rings. The number of carboxylic acid groups (broad SMARTS) is 1. The van der Waals surface area contributed by atoms with Crippen LogP contribution in [0.1, 0.15) is 13.8 Å². The zero-order valence-electron chi connectivity index (χ0n) is 7.48. The molecule has 0 aromatic heterocycles. The van der Waals surface area contributed by atoms with Crippen molar-refractivity contribution in [1.29, 1.82) is 0 Å². The second-order valence-corrected chi connectivity index (χ2v) is 5.11. The Morgan fingerprint density at radius 3 is 2.00 bits per heavy atom. The number of sulfone groups is 1. The molecule has 5 nitrogen and oxygen atoms in total. The Labute approximate surface area is 76.7 Å². The summed E-state index contributed by atoms with van der Waals surface area (Å²) in [6.07, 6.45) is 0. The Morgan fingerprint density at radius 2 is 1.69 bits per heavy atom. The summed E-state index contributed by atoms with van der Waals surface area (Å²) in [6, 6.07) is 0. The van der Waals surface area contributed by atoms with E-state index in [0.29, 0.717) is 0 Å². The Bertz CT molecular complexity index is 301. The largest absolute Gasteiger partial charge is 0.480 e. The molecule has 0 aliphatic carbocycles. The van der Waals surface area contributed by atoms with Gasteiger partial charge in [0.05, 0.1) is 0 Å². The summed E-state index contributed by atoms with van der Waals surface area (Å²) >= 11 is 0. The van der Waals surface area contributed by atoms with Gasteiger partial charge < -0.3 is 5.11 Å². The van der Waals surface area contributed by atoms with Gasteiger partial charge in [-0.2, -0.15) is 0 Å². The lowest BCUT2D eigenvalue weighted by Gasteiger charge is -2.03. The fourth-order valence-corrected chi connectivity index (χ4v) is 1.87. The average molecular weight is 208 g/mol. The summed E-state index contributed by atoms with van der Waals surface area (Å²) in [5.74, 6) is -3.94. The van der Waals surface area contributed by atoms with E-state index < -0.39 is 33.1 Å². The molecular weight excluding hydrogens is 196 g/mol. The van der Waals surface area contributed by atoms with Gasteiger partial charge in [-0.25, -0.2) is 8.42 Å². The molecular formula is C7H12O5S. The van der Waals surface area contributed by atoms with Gasteiger partial charge in [-0.3, -0.25) is 9.59 Å². The number of Topliss-reactive ketones (excluding diaryl/α,β-unsaturated/α-hetero) is 1. The number of carbonyl (C=O) groups is 2. The van der Waals surface area contributed by atoms with Gasteiger partial charge in [-0.15, -0.1) is 0 Å². The maximum Gasteiger partial charge on any atom is 0.318 e. The summed E-state index contributed by atoms with van der Waals surface area (Å²) < 4.78 is 21.9. The summed E-state index contributed by atoms with van der Waals surface area (Å²) in [5, 5.41) is 8.21. The van der Waals surface area contributed by atoms with Crippen molar-refractivity contribution in [2.75, 3.05) is 11.5 Å². The Balaban J connectivity index is 4.36. The maximum atomic E-state index is 11.0. The van der Waals surface area contributed by atoms with E-state index in [1.807, 2.05) is 0 Å². The van der Waals surface area contributed by atoms with Gasteiger partial charge in [0.1, 0.15) is 17.3 Å². The molecule has 0 spiro atoms. The van der Waals surface area contributed by atoms with Crippen LogP contribution in [0.5, 0.6) is 0 Å². The lowest BCUT2D eigenvalue weighted by atomic mass is 10.1. The van der Waals surface area contributed by atoms with Crippen LogP contribution in [-0.4, -0.2) is 36.8 Å². The minimum absolute atomic E-state index is 0.386. The normalized spacial score (nSPS) is 11.6. The predicted molar refractivity (Wildman–Crippen MR) is 46.1 cm³/mol. The highest BCUT2D eigenvalue weighted by Crippen LogP contribution is 1.99. The third-order valence-electron chi connectivity index (χ3n) is 1.35. The molecule has 76 valence electrons. The van der Waals surface area contributed by atoms with Gasteiger partial charge in [0.2, 0.25) is 0 Å². The van der Waals surface area contributed by atoms with Crippen LogP contribution in [-0.2, 0) is 19.4 Å². The van der Waals surface area contributed by atoms with Crippen molar-refractivity contribution in [2.24, 2.45) is 5.92 Å². The highest BCUT2D eigenvalue weighted by molar-refractivity contribution is 7.92. The van der Waals surface area contributed by atoms with Crippen LogP contribution in [0.15, 0.2) is 0 Å². The van der Waals surface area contributed by atoms with E-state index in [4.69, 9.17) is 5.11 Å². The molecule has 0 bridgehead atoms. The quantitative estimate of drug-likeness (QED) is 0.670. The standard InChI is InChI=1S/C7H12O5S/c1-5(2)6(8)3-13(11,12)4-7(9)10/h5H,3-4H2,1-2H3,(H,9,10). The molecule has 0 saturated carbocycles. The topological polar surface area (TPSA) is 88.5 Å². The second kappa shape index (κ2) is 4.36. The molecule has 0 aromatic rings. The Kier molecular flexibility index (Phi) is 4.06. The average Bonchev–Trinajstić information content (AvgIpc) is 1.81. The summed E-state index contributed by atoms with van der Waals surface area (Å²) in [4.78, 5) is 21.0. The highest BCUT2D eigenvalue weighted by Gasteiger charge is 2.21. The van der Waals surface area contributed by atoms with Crippen molar-refractivity contribution in [3.05, 3.63) is 0 Å². The number of carbonyl (C=O) groups excluding carboxylic acids is 1. The zero-order chi connectivity index (χ0) is 10.6. The lowest BCUT2D eigenvalue weighted by Crippen LogP contribution is -2.25. The second-order valence-electron chi connectivity index (χ2n) is 3.05. The first-order valence-corrected chi connectivity index (χ1v) is 5.51. The SMILES string of the molecule is CC(C)C(=O)CS(=O)(=O)CC(=O)O. The summed E-state index contributed by atoms with van der Waals surface area (Å²) in [7, 11) is -3.77. The Morgan fingerprint density at radius 1 is 1.23 bits per heavy atom. The molecule has 0 unspecified atom stereocenters. The smallest absolute Gasteiger partial charge is 0.318 e. The van der Waals surface area contributed by atoms with Gasteiger partial charge in [0, 0.05) is 5.92 Å². The summed E-state index contributed by atoms with van der Waals surface area (Å²) in [5.41, 5.74) is 0. The fourth-order valence-electron chi connectivity index (χ4n) is 0.623. The number of carboxylic acids is 1. The number of ketones is 1. The molecule has 0 atom stereocenters. The third kappa shape index (κ3) is 5.35. The van der Waals surface area contributed by atoms with E-state index in [-0.39, 0.29) is 5.92 Å². The van der Waals surface area contributed by atoms with Gasteiger partial charge in [0.25, 0.3) is 0 Å². The zero-order valence-corrected chi connectivity index (χ0v) is 8.30. The molecule has 0 rings (SSSR count). The van der Waals surface area contributed by atoms with Crippen LogP contribution >= 0.6 is 0 Å². The minimum atomic E-state index is -3.77. The molecule has 0 aromatic carbocycles. The first kappa shape index (κ1) is 12.1. The molecule has 0 saturated heterocycles. The molecule has 0 amide bonds. The molecule has 1 N–H and O–H groups in total. The van der Waals surface area contributed by atoms with E-state index >= 15 is 0 Å². The van der Waals surface area contributed by atoms with E-state index in [2.05, 4.69) is 0 Å². The first-order chi connectivity index (χ1) is 5.74. The van der Waals surface area contributed by atoms with E-state index in [0.717, 1.165) is 0 Å². The van der Waals surface area contributed by atoms with E-state index in [1.54, 1.807) is 13.8 Å². The van der Waals surface area contributed by atoms with E-state index in [9.17, 15) is 18.0 Å². The predicted octanol–water partition coefficient (Wildman–Crippen LogP) is -0.289. The number of aliphatic carboxylic acids is 1. The van der Waals surface area contributed by atoms with Crippen LogP contribution in [0.4, 0.5) is 0 Å². The van der Waals surface area contributed by atoms with Crippen LogP contribution in [0.25, 0.3) is 0 Å². The van der Waals surface area contributed by atoms with Crippen LogP contribution in [0.3, 0.4) is 0 Å². The van der Waals surface area contributed by atoms with Crippen molar-refractivity contribution in [3.8, 4) is 0 Å². The van der Waals surface area contributed by atoms with Crippen molar-refractivity contribution in [3.63, 3.8) is 0 Å². The third-order valence-corrected chi connectivity index (χ3v) is 2.76. The number of rotatable bonds is 5. The Hall–Kier alpha value is -0.910. The van der Waals surface area contributed by atoms with Gasteiger partial charge in [0.15, 0.2) is 9.84 Å². The van der Waals surface area contributed by atoms with Crippen molar-refractivity contribution in [1.82, 2.24) is 0 Å². The van der Waals surface area contributed by atoms with Crippen molar-refractivity contribution in [2.45, 2.75) is 13.8 Å². The molecule has 0 aliphatic rings. The fraction of sp³-hybridized carbons (Fsp3) is 0.714. The molecule has 0 radical (unpaired) electrons. The molecule has 6 heteroatoms. The minimum Gasteiger partial charge on any atom is -0.480 e. The molecule has 0 aliphatic heterocycles. The van der Waals surface area contributed by atoms with Crippen LogP contribution < -0.4 is 0 Å². The van der Waals surface area contributed by atoms with Gasteiger partial charge in [-0.05, 0) is 0 Å². The van der Waals surface area contributed by atoms with E-state index in [1.165, 1.54) is 0 Å². The molecule has 13 heavy (non-hydrogen) atoms. The van der Waals surface area contributed by atoms with Crippen LogP contribution in [0.2, 0.25) is 0 Å². The first-order valence-electron chi connectivity index (χ1n) is 3.69. The molecule has 0 heterocycles. The lowest BCUT2D eigenvalue weighted by molar-refractivity contribution is -0.134. The van der Waals surface area contributed by atoms with Gasteiger partial charge >= 0.3 is 5.97 Å². The highest BCUT2D eigenvalue weighted by atomic mass is 32.2. The van der Waals surface area contributed by atoms with Gasteiger partial charge in [-0.1, -0.05) is 13.8 Å². The van der Waals surface area contributed by atoms with Crippen molar-refractivity contribution < 1.29 is 23.1 Å². The summed E-state index contributed by atoms with van der Waals surface area (Å²) in [6.45, 7) is 3.14.